The van der Waals surface area contributed by atoms with Gasteiger partial charge in [-0.15, -0.1) is 0 Å². The molecule has 0 N–H and O–H groups in total. The Balaban J connectivity index is 1.98. The van der Waals surface area contributed by atoms with E-state index in [1.807, 2.05) is 12.1 Å². The lowest BCUT2D eigenvalue weighted by Crippen LogP contribution is -2.19. The number of methoxy groups -OCH3 is 1. The molecule has 0 atom stereocenters. The highest BCUT2D eigenvalue weighted by Gasteiger charge is 2.17. The van der Waals surface area contributed by atoms with Gasteiger partial charge in [-0.1, -0.05) is 49.7 Å². The second kappa shape index (κ2) is 7.67. The molecule has 3 aromatic carbocycles. The van der Waals surface area contributed by atoms with E-state index >= 15 is 0 Å². The molecule has 0 amide bonds. The number of rotatable bonds is 6. The van der Waals surface area contributed by atoms with Gasteiger partial charge in [0.05, 0.1) is 23.8 Å². The van der Waals surface area contributed by atoms with Crippen molar-refractivity contribution in [2.24, 2.45) is 0 Å². The third kappa shape index (κ3) is 3.33. The van der Waals surface area contributed by atoms with Crippen LogP contribution in [0.2, 0.25) is 0 Å². The lowest BCUT2D eigenvalue weighted by Gasteiger charge is -2.28. The number of anilines is 2. The van der Waals surface area contributed by atoms with Crippen LogP contribution in [0.25, 0.3) is 21.8 Å². The van der Waals surface area contributed by atoms with E-state index in [0.717, 1.165) is 36.2 Å². The number of para-hydroxylation sites is 2. The van der Waals surface area contributed by atoms with Crippen LogP contribution in [-0.4, -0.2) is 18.6 Å². The fourth-order valence-corrected chi connectivity index (χ4v) is 3.56. The number of aromatic nitrogens is 1. The zero-order valence-electron chi connectivity index (χ0n) is 15.9. The number of nitrogens with zero attached hydrogens (tertiary/aromatic N) is 2. The van der Waals surface area contributed by atoms with Crippen LogP contribution in [0.5, 0.6) is 5.75 Å². The zero-order chi connectivity index (χ0) is 18.6. The van der Waals surface area contributed by atoms with Crippen LogP contribution in [0.4, 0.5) is 11.4 Å². The topological polar surface area (TPSA) is 25.4 Å². The van der Waals surface area contributed by atoms with Gasteiger partial charge in [-0.05, 0) is 42.8 Å². The molecule has 1 heterocycles. The first-order chi connectivity index (χ1) is 13.3. The molecule has 1 aromatic heterocycles. The quantitative estimate of drug-likeness (QED) is 0.377. The molecule has 27 heavy (non-hydrogen) atoms. The number of pyridine rings is 1. The Morgan fingerprint density at radius 1 is 0.815 bits per heavy atom. The predicted molar refractivity (Wildman–Crippen MR) is 114 cm³/mol. The van der Waals surface area contributed by atoms with Gasteiger partial charge < -0.3 is 9.64 Å². The lowest BCUT2D eigenvalue weighted by molar-refractivity contribution is 0.415. The molecule has 0 saturated carbocycles. The van der Waals surface area contributed by atoms with Crippen molar-refractivity contribution >= 4 is 33.2 Å². The summed E-state index contributed by atoms with van der Waals surface area (Å²) in [6, 6.07) is 25.2. The van der Waals surface area contributed by atoms with Crippen molar-refractivity contribution in [3.8, 4) is 5.75 Å². The number of hydrogen-bond acceptors (Lipinski definition) is 3. The zero-order valence-corrected chi connectivity index (χ0v) is 15.9. The summed E-state index contributed by atoms with van der Waals surface area (Å²) in [5, 5.41) is 2.37. The molecule has 0 bridgehead atoms. The van der Waals surface area contributed by atoms with Gasteiger partial charge in [0.2, 0.25) is 0 Å². The first kappa shape index (κ1) is 17.3. The molecule has 136 valence electrons. The second-order valence-corrected chi connectivity index (χ2v) is 6.70. The first-order valence-corrected chi connectivity index (χ1v) is 9.51. The van der Waals surface area contributed by atoms with Gasteiger partial charge in [0, 0.05) is 23.0 Å². The van der Waals surface area contributed by atoms with Crippen LogP contribution < -0.4 is 9.64 Å². The van der Waals surface area contributed by atoms with Gasteiger partial charge in [0.1, 0.15) is 5.75 Å². The molecule has 3 heteroatoms. The Kier molecular flexibility index (Phi) is 4.93. The minimum atomic E-state index is 0.874. The van der Waals surface area contributed by atoms with Gasteiger partial charge in [-0.3, -0.25) is 0 Å². The lowest BCUT2D eigenvalue weighted by atomic mass is 10.1. The average molecular weight is 356 g/mol. The molecule has 0 fully saturated rings. The molecule has 0 aliphatic carbocycles. The van der Waals surface area contributed by atoms with Crippen LogP contribution in [0.3, 0.4) is 0 Å². The molecular formula is C24H24N2O. The van der Waals surface area contributed by atoms with Crippen molar-refractivity contribution in [2.75, 3.05) is 18.6 Å². The van der Waals surface area contributed by atoms with E-state index in [-0.39, 0.29) is 0 Å². The molecular weight excluding hydrogens is 332 g/mol. The van der Waals surface area contributed by atoms with Crippen LogP contribution in [0.1, 0.15) is 19.8 Å². The molecule has 0 spiro atoms. The van der Waals surface area contributed by atoms with Crippen LogP contribution in [-0.2, 0) is 0 Å². The SMILES string of the molecule is CCCCN(c1ccc(OC)cc1)c1c2ccccc2nc2ccccc12. The normalized spacial score (nSPS) is 11.0. The summed E-state index contributed by atoms with van der Waals surface area (Å²) in [6.07, 6.45) is 2.27. The van der Waals surface area contributed by atoms with Crippen molar-refractivity contribution in [1.82, 2.24) is 4.98 Å². The molecule has 0 aliphatic rings. The molecule has 0 unspecified atom stereocenters. The largest absolute Gasteiger partial charge is 0.497 e. The van der Waals surface area contributed by atoms with Gasteiger partial charge in [0.15, 0.2) is 0 Å². The Hall–Kier alpha value is -3.07. The number of unbranched alkanes of at least 4 members (excludes halogenated alkanes) is 1. The Labute approximate surface area is 160 Å². The van der Waals surface area contributed by atoms with Gasteiger partial charge >= 0.3 is 0 Å². The second-order valence-electron chi connectivity index (χ2n) is 6.70. The van der Waals surface area contributed by atoms with E-state index in [0.29, 0.717) is 0 Å². The summed E-state index contributed by atoms with van der Waals surface area (Å²) in [5.41, 5.74) is 4.46. The first-order valence-electron chi connectivity index (χ1n) is 9.51. The van der Waals surface area contributed by atoms with E-state index in [9.17, 15) is 0 Å². The summed E-state index contributed by atoms with van der Waals surface area (Å²) >= 11 is 0. The summed E-state index contributed by atoms with van der Waals surface area (Å²) < 4.78 is 5.35. The van der Waals surface area contributed by atoms with E-state index in [4.69, 9.17) is 9.72 Å². The van der Waals surface area contributed by atoms with Gasteiger partial charge in [-0.2, -0.15) is 0 Å². The number of hydrogen-bond donors (Lipinski definition) is 0. The molecule has 0 saturated heterocycles. The predicted octanol–water partition coefficient (Wildman–Crippen LogP) is 6.33. The smallest absolute Gasteiger partial charge is 0.119 e. The fraction of sp³-hybridized carbons (Fsp3) is 0.208. The van der Waals surface area contributed by atoms with Crippen LogP contribution in [0.15, 0.2) is 72.8 Å². The number of benzene rings is 3. The van der Waals surface area contributed by atoms with Crippen molar-refractivity contribution in [3.05, 3.63) is 72.8 Å². The minimum absolute atomic E-state index is 0.874. The van der Waals surface area contributed by atoms with Crippen molar-refractivity contribution in [2.45, 2.75) is 19.8 Å². The van der Waals surface area contributed by atoms with Crippen molar-refractivity contribution in [1.29, 1.82) is 0 Å². The molecule has 0 aliphatic heterocycles. The van der Waals surface area contributed by atoms with E-state index < -0.39 is 0 Å². The minimum Gasteiger partial charge on any atom is -0.497 e. The molecule has 3 nitrogen and oxygen atoms in total. The third-order valence-electron chi connectivity index (χ3n) is 4.95. The highest BCUT2D eigenvalue weighted by Crippen LogP contribution is 2.38. The van der Waals surface area contributed by atoms with Crippen molar-refractivity contribution < 1.29 is 4.74 Å². The third-order valence-corrected chi connectivity index (χ3v) is 4.95. The van der Waals surface area contributed by atoms with Crippen LogP contribution in [0, 0.1) is 0 Å². The highest BCUT2D eigenvalue weighted by molar-refractivity contribution is 6.09. The number of fused-ring (bicyclic) bond motifs is 2. The Bertz CT molecular complexity index is 1000. The fourth-order valence-electron chi connectivity index (χ4n) is 3.56. The molecule has 4 aromatic rings. The Morgan fingerprint density at radius 3 is 1.96 bits per heavy atom. The summed E-state index contributed by atoms with van der Waals surface area (Å²) in [7, 11) is 1.70. The van der Waals surface area contributed by atoms with Gasteiger partial charge in [-0.25, -0.2) is 4.98 Å². The van der Waals surface area contributed by atoms with Gasteiger partial charge in [0.25, 0.3) is 0 Å². The maximum atomic E-state index is 5.35. The molecule has 0 radical (unpaired) electrons. The Morgan fingerprint density at radius 2 is 1.41 bits per heavy atom. The van der Waals surface area contributed by atoms with E-state index in [2.05, 4.69) is 72.5 Å². The maximum Gasteiger partial charge on any atom is 0.119 e. The molecule has 4 rings (SSSR count). The summed E-state index contributed by atoms with van der Waals surface area (Å²) in [6.45, 7) is 3.19. The highest BCUT2D eigenvalue weighted by atomic mass is 16.5. The average Bonchev–Trinajstić information content (AvgIpc) is 2.73. The van der Waals surface area contributed by atoms with Crippen LogP contribution >= 0.6 is 0 Å². The summed E-state index contributed by atoms with van der Waals surface area (Å²) in [4.78, 5) is 7.30. The number of ether oxygens (including phenoxy) is 1. The summed E-state index contributed by atoms with van der Waals surface area (Å²) in [5.74, 6) is 0.874. The maximum absolute atomic E-state index is 5.35. The standard InChI is InChI=1S/C24H24N2O/c1-3-4-17-26(18-13-15-19(27-2)16-14-18)24-20-9-5-7-11-22(20)25-23-12-8-6-10-21(23)24/h5-16H,3-4,17H2,1-2H3. The monoisotopic (exact) mass is 356 g/mol. The van der Waals surface area contributed by atoms with E-state index in [1.54, 1.807) is 7.11 Å². The van der Waals surface area contributed by atoms with Crippen molar-refractivity contribution in [3.63, 3.8) is 0 Å². The van der Waals surface area contributed by atoms with E-state index in [1.165, 1.54) is 22.1 Å².